The van der Waals surface area contributed by atoms with Crippen LogP contribution in [0.1, 0.15) is 24.5 Å². The fourth-order valence-corrected chi connectivity index (χ4v) is 1.94. The highest BCUT2D eigenvalue weighted by Gasteiger charge is 2.08. The number of carbonyl (C=O) groups is 1. The Morgan fingerprint density at radius 2 is 2.20 bits per heavy atom. The lowest BCUT2D eigenvalue weighted by Crippen LogP contribution is -2.30. The molecule has 1 N–H and O–H groups in total. The summed E-state index contributed by atoms with van der Waals surface area (Å²) >= 11 is 0. The van der Waals surface area contributed by atoms with E-state index in [-0.39, 0.29) is 12.5 Å². The van der Waals surface area contributed by atoms with Crippen LogP contribution in [-0.4, -0.2) is 42.7 Å². The summed E-state index contributed by atoms with van der Waals surface area (Å²) in [5.41, 5.74) is 2.00. The Morgan fingerprint density at radius 3 is 2.80 bits per heavy atom. The maximum Gasteiger partial charge on any atom is 0.246 e. The van der Waals surface area contributed by atoms with Gasteiger partial charge in [-0.05, 0) is 38.5 Å². The summed E-state index contributed by atoms with van der Waals surface area (Å²) in [5, 5.41) is 8.83. The fourth-order valence-electron chi connectivity index (χ4n) is 1.94. The van der Waals surface area contributed by atoms with E-state index in [0.29, 0.717) is 19.5 Å². The molecule has 1 rings (SSSR count). The summed E-state index contributed by atoms with van der Waals surface area (Å²) in [4.78, 5) is 13.8. The molecule has 0 saturated carbocycles. The number of nitrogens with zero attached hydrogens (tertiary/aromatic N) is 1. The fraction of sp³-hybridized carbons (Fsp3) is 0.438. The second-order valence-electron chi connectivity index (χ2n) is 4.57. The monoisotopic (exact) mass is 277 g/mol. The molecule has 0 heterocycles. The summed E-state index contributed by atoms with van der Waals surface area (Å²) in [7, 11) is 1.61. The molecule has 0 unspecified atom stereocenters. The predicted molar refractivity (Wildman–Crippen MR) is 80.7 cm³/mol. The van der Waals surface area contributed by atoms with E-state index < -0.39 is 0 Å². The molecule has 0 aromatic heterocycles. The lowest BCUT2D eigenvalue weighted by Gasteiger charge is -2.18. The number of rotatable bonds is 7. The van der Waals surface area contributed by atoms with Crippen LogP contribution >= 0.6 is 0 Å². The van der Waals surface area contributed by atoms with Crippen molar-refractivity contribution in [1.82, 2.24) is 4.90 Å². The number of benzene rings is 1. The molecule has 0 radical (unpaired) electrons. The van der Waals surface area contributed by atoms with Gasteiger partial charge in [0.1, 0.15) is 5.75 Å². The SMILES string of the molecule is CCN(CCCO)C(=O)/C=C/c1cc(C)ccc1OC. The first-order valence-corrected chi connectivity index (χ1v) is 6.84. The average Bonchev–Trinajstić information content (AvgIpc) is 2.46. The molecule has 0 aliphatic rings. The van der Waals surface area contributed by atoms with E-state index in [1.54, 1.807) is 24.2 Å². The van der Waals surface area contributed by atoms with Gasteiger partial charge >= 0.3 is 0 Å². The number of aryl methyl sites for hydroxylation is 1. The van der Waals surface area contributed by atoms with Crippen LogP contribution in [0.5, 0.6) is 5.75 Å². The lowest BCUT2D eigenvalue weighted by atomic mass is 10.1. The Bertz CT molecular complexity index is 469. The number of hydrogen-bond acceptors (Lipinski definition) is 3. The summed E-state index contributed by atoms with van der Waals surface area (Å²) in [6.45, 7) is 5.23. The van der Waals surface area contributed by atoms with Gasteiger partial charge in [-0.1, -0.05) is 11.6 Å². The number of likely N-dealkylation sites (N-methyl/N-ethyl adjacent to an activating group) is 1. The first-order chi connectivity index (χ1) is 9.62. The van der Waals surface area contributed by atoms with E-state index in [9.17, 15) is 4.79 Å². The highest BCUT2D eigenvalue weighted by Crippen LogP contribution is 2.21. The molecule has 1 aromatic carbocycles. The third kappa shape index (κ3) is 4.70. The molecule has 0 fully saturated rings. The van der Waals surface area contributed by atoms with E-state index in [1.165, 1.54) is 0 Å². The average molecular weight is 277 g/mol. The van der Waals surface area contributed by atoms with Crippen LogP contribution in [0, 0.1) is 6.92 Å². The number of methoxy groups -OCH3 is 1. The number of aliphatic hydroxyl groups is 1. The smallest absolute Gasteiger partial charge is 0.246 e. The van der Waals surface area contributed by atoms with E-state index >= 15 is 0 Å². The molecular weight excluding hydrogens is 254 g/mol. The zero-order valence-electron chi connectivity index (χ0n) is 12.4. The highest BCUT2D eigenvalue weighted by atomic mass is 16.5. The van der Waals surface area contributed by atoms with Crippen molar-refractivity contribution in [2.45, 2.75) is 20.3 Å². The van der Waals surface area contributed by atoms with Crippen molar-refractivity contribution in [2.24, 2.45) is 0 Å². The molecule has 0 aliphatic heterocycles. The minimum Gasteiger partial charge on any atom is -0.496 e. The minimum absolute atomic E-state index is 0.0514. The quantitative estimate of drug-likeness (QED) is 0.778. The standard InChI is InChI=1S/C16H23NO3/c1-4-17(10-5-11-18)16(19)9-7-14-12-13(2)6-8-15(14)20-3/h6-9,12,18H,4-5,10-11H2,1-3H3/b9-7+. The van der Waals surface area contributed by atoms with Crippen LogP contribution in [0.3, 0.4) is 0 Å². The van der Waals surface area contributed by atoms with Crippen LogP contribution in [0.25, 0.3) is 6.08 Å². The molecule has 110 valence electrons. The molecule has 0 bridgehead atoms. The Hall–Kier alpha value is -1.81. The van der Waals surface area contributed by atoms with Gasteiger partial charge in [-0.3, -0.25) is 4.79 Å². The number of carbonyl (C=O) groups excluding carboxylic acids is 1. The van der Waals surface area contributed by atoms with Gasteiger partial charge in [0.15, 0.2) is 0 Å². The lowest BCUT2D eigenvalue weighted by molar-refractivity contribution is -0.125. The molecule has 20 heavy (non-hydrogen) atoms. The molecule has 1 aromatic rings. The summed E-state index contributed by atoms with van der Waals surface area (Å²) in [6.07, 6.45) is 3.93. The number of ether oxygens (including phenoxy) is 1. The first-order valence-electron chi connectivity index (χ1n) is 6.84. The topological polar surface area (TPSA) is 49.8 Å². The second kappa shape index (κ2) is 8.38. The van der Waals surface area contributed by atoms with Gasteiger partial charge in [0.2, 0.25) is 5.91 Å². The van der Waals surface area contributed by atoms with Gasteiger partial charge in [0, 0.05) is 31.3 Å². The number of amides is 1. The van der Waals surface area contributed by atoms with Crippen molar-refractivity contribution >= 4 is 12.0 Å². The number of hydrogen-bond donors (Lipinski definition) is 1. The third-order valence-corrected chi connectivity index (χ3v) is 3.07. The van der Waals surface area contributed by atoms with Gasteiger partial charge < -0.3 is 14.7 Å². The van der Waals surface area contributed by atoms with Crippen molar-refractivity contribution in [3.63, 3.8) is 0 Å². The largest absolute Gasteiger partial charge is 0.496 e. The van der Waals surface area contributed by atoms with Crippen molar-refractivity contribution < 1.29 is 14.6 Å². The summed E-state index contributed by atoms with van der Waals surface area (Å²) < 4.78 is 5.28. The van der Waals surface area contributed by atoms with E-state index in [2.05, 4.69) is 0 Å². The van der Waals surface area contributed by atoms with Crippen LogP contribution in [0.15, 0.2) is 24.3 Å². The van der Waals surface area contributed by atoms with Gasteiger partial charge in [0.25, 0.3) is 0 Å². The van der Waals surface area contributed by atoms with Crippen molar-refractivity contribution in [3.05, 3.63) is 35.4 Å². The highest BCUT2D eigenvalue weighted by molar-refractivity contribution is 5.92. The van der Waals surface area contributed by atoms with Crippen LogP contribution in [0.4, 0.5) is 0 Å². The van der Waals surface area contributed by atoms with Crippen molar-refractivity contribution in [2.75, 3.05) is 26.8 Å². The van der Waals surface area contributed by atoms with E-state index in [4.69, 9.17) is 9.84 Å². The van der Waals surface area contributed by atoms with Crippen molar-refractivity contribution in [3.8, 4) is 5.75 Å². The van der Waals surface area contributed by atoms with Crippen LogP contribution < -0.4 is 4.74 Å². The first kappa shape index (κ1) is 16.2. The summed E-state index contributed by atoms with van der Waals surface area (Å²) in [6, 6.07) is 5.84. The molecule has 1 amide bonds. The predicted octanol–water partition coefficient (Wildman–Crippen LogP) is 2.25. The summed E-state index contributed by atoms with van der Waals surface area (Å²) in [5.74, 6) is 0.697. The van der Waals surface area contributed by atoms with Gasteiger partial charge in [-0.25, -0.2) is 0 Å². The number of aliphatic hydroxyl groups excluding tert-OH is 1. The van der Waals surface area contributed by atoms with E-state index in [1.807, 2.05) is 32.0 Å². The molecular formula is C16H23NO3. The van der Waals surface area contributed by atoms with Crippen LogP contribution in [-0.2, 0) is 4.79 Å². The van der Waals surface area contributed by atoms with Gasteiger partial charge in [-0.15, -0.1) is 0 Å². The molecule has 0 atom stereocenters. The minimum atomic E-state index is -0.0514. The molecule has 0 saturated heterocycles. The molecule has 4 heteroatoms. The second-order valence-corrected chi connectivity index (χ2v) is 4.57. The molecule has 0 spiro atoms. The maximum absolute atomic E-state index is 12.1. The molecule has 4 nitrogen and oxygen atoms in total. The zero-order valence-corrected chi connectivity index (χ0v) is 12.4. The Balaban J connectivity index is 2.80. The normalized spacial score (nSPS) is 10.8. The zero-order chi connectivity index (χ0) is 15.0. The van der Waals surface area contributed by atoms with Gasteiger partial charge in [-0.2, -0.15) is 0 Å². The van der Waals surface area contributed by atoms with Crippen LogP contribution in [0.2, 0.25) is 0 Å². The Morgan fingerprint density at radius 1 is 1.45 bits per heavy atom. The van der Waals surface area contributed by atoms with Crippen molar-refractivity contribution in [1.29, 1.82) is 0 Å². The van der Waals surface area contributed by atoms with E-state index in [0.717, 1.165) is 16.9 Å². The van der Waals surface area contributed by atoms with Gasteiger partial charge in [0.05, 0.1) is 7.11 Å². The molecule has 0 aliphatic carbocycles. The maximum atomic E-state index is 12.1. The Kier molecular flexibility index (Phi) is 6.81. The Labute approximate surface area is 120 Å². The third-order valence-electron chi connectivity index (χ3n) is 3.07.